The smallest absolute Gasteiger partial charge is 0.266 e. The lowest BCUT2D eigenvalue weighted by atomic mass is 10.1. The van der Waals surface area contributed by atoms with Crippen molar-refractivity contribution in [2.45, 2.75) is 20.0 Å². The maximum Gasteiger partial charge on any atom is 0.266 e. The number of halogens is 2. The first-order valence-corrected chi connectivity index (χ1v) is 7.79. The average molecular weight is 350 g/mol. The Morgan fingerprint density at radius 1 is 0.957 bits per heavy atom. The van der Waals surface area contributed by atoms with Gasteiger partial charge in [-0.25, -0.2) is 4.90 Å². The van der Waals surface area contributed by atoms with E-state index in [4.69, 9.17) is 27.9 Å². The zero-order valence-corrected chi connectivity index (χ0v) is 14.0. The van der Waals surface area contributed by atoms with E-state index in [1.54, 1.807) is 24.3 Å². The van der Waals surface area contributed by atoms with E-state index in [2.05, 4.69) is 0 Å². The fourth-order valence-corrected chi connectivity index (χ4v) is 2.95. The molecule has 2 amide bonds. The summed E-state index contributed by atoms with van der Waals surface area (Å²) in [4.78, 5) is 26.2. The van der Waals surface area contributed by atoms with Gasteiger partial charge in [0.15, 0.2) is 0 Å². The number of rotatable bonds is 3. The van der Waals surface area contributed by atoms with Gasteiger partial charge in [-0.1, -0.05) is 35.3 Å². The van der Waals surface area contributed by atoms with Gasteiger partial charge in [0.25, 0.3) is 11.8 Å². The van der Waals surface area contributed by atoms with Crippen LogP contribution in [0.2, 0.25) is 10.0 Å². The molecule has 118 valence electrons. The molecule has 0 spiro atoms. The van der Waals surface area contributed by atoms with Crippen molar-refractivity contribution in [3.8, 4) is 5.75 Å². The second-order valence-corrected chi connectivity index (χ2v) is 6.21. The number of carbonyl (C=O) groups is 2. The third-order valence-corrected chi connectivity index (χ3v) is 4.00. The minimum atomic E-state index is -0.412. The maximum absolute atomic E-state index is 12.6. The average Bonchev–Trinajstić information content (AvgIpc) is 2.74. The molecule has 0 aromatic heterocycles. The summed E-state index contributed by atoms with van der Waals surface area (Å²) in [5, 5.41) is 0.532. The van der Waals surface area contributed by atoms with Crippen LogP contribution in [0.1, 0.15) is 34.6 Å². The van der Waals surface area contributed by atoms with Crippen LogP contribution in [0.3, 0.4) is 0 Å². The van der Waals surface area contributed by atoms with E-state index in [9.17, 15) is 9.59 Å². The van der Waals surface area contributed by atoms with Gasteiger partial charge in [0.2, 0.25) is 0 Å². The first kappa shape index (κ1) is 15.8. The molecule has 2 aromatic carbocycles. The molecule has 0 saturated carbocycles. The number of hydrogen-bond acceptors (Lipinski definition) is 3. The number of imide groups is 1. The highest BCUT2D eigenvalue weighted by Crippen LogP contribution is 2.39. The number of carbonyl (C=O) groups excluding carboxylic acids is 2. The van der Waals surface area contributed by atoms with Crippen LogP contribution in [0.5, 0.6) is 5.75 Å². The van der Waals surface area contributed by atoms with Crippen LogP contribution < -0.4 is 9.64 Å². The molecule has 4 nitrogen and oxygen atoms in total. The van der Waals surface area contributed by atoms with E-state index in [-0.39, 0.29) is 16.8 Å². The lowest BCUT2D eigenvalue weighted by molar-refractivity contribution is 0.0926. The standard InChI is InChI=1S/C17H13Cl2NO3/c1-9(2)23-15-8-14(12(18)7-13(15)19)20-16(21)10-5-3-4-6-11(10)17(20)22/h3-9H,1-2H3. The molecule has 1 heterocycles. The highest BCUT2D eigenvalue weighted by Gasteiger charge is 2.37. The molecular weight excluding hydrogens is 337 g/mol. The van der Waals surface area contributed by atoms with E-state index in [0.29, 0.717) is 21.9 Å². The molecule has 0 saturated heterocycles. The quantitative estimate of drug-likeness (QED) is 0.761. The van der Waals surface area contributed by atoms with Gasteiger partial charge in [-0.2, -0.15) is 0 Å². The van der Waals surface area contributed by atoms with Gasteiger partial charge in [0, 0.05) is 6.07 Å². The number of nitrogens with zero attached hydrogens (tertiary/aromatic N) is 1. The van der Waals surface area contributed by atoms with Crippen LogP contribution >= 0.6 is 23.2 Å². The molecule has 3 rings (SSSR count). The highest BCUT2D eigenvalue weighted by atomic mass is 35.5. The lowest BCUT2D eigenvalue weighted by Crippen LogP contribution is -2.29. The third kappa shape index (κ3) is 2.69. The van der Waals surface area contributed by atoms with E-state index in [0.717, 1.165) is 4.90 Å². The Kier molecular flexibility index (Phi) is 4.04. The van der Waals surface area contributed by atoms with Crippen LogP contribution in [-0.2, 0) is 0 Å². The van der Waals surface area contributed by atoms with Crippen molar-refractivity contribution < 1.29 is 14.3 Å². The Labute approximate surface area is 143 Å². The zero-order valence-electron chi connectivity index (χ0n) is 12.5. The summed E-state index contributed by atoms with van der Waals surface area (Å²) in [6.45, 7) is 3.71. The highest BCUT2D eigenvalue weighted by molar-refractivity contribution is 6.41. The molecule has 6 heteroatoms. The second-order valence-electron chi connectivity index (χ2n) is 5.39. The SMILES string of the molecule is CC(C)Oc1cc(N2C(=O)c3ccccc3C2=O)c(Cl)cc1Cl. The van der Waals surface area contributed by atoms with Gasteiger partial charge in [0.1, 0.15) is 5.75 Å². The summed E-state index contributed by atoms with van der Waals surface area (Å²) in [7, 11) is 0. The molecule has 0 aliphatic carbocycles. The van der Waals surface area contributed by atoms with E-state index in [1.807, 2.05) is 13.8 Å². The Morgan fingerprint density at radius 3 is 2.04 bits per heavy atom. The van der Waals surface area contributed by atoms with Gasteiger partial charge in [-0.3, -0.25) is 9.59 Å². The number of anilines is 1. The fraction of sp³-hybridized carbons (Fsp3) is 0.176. The van der Waals surface area contributed by atoms with Crippen molar-refractivity contribution in [1.82, 2.24) is 0 Å². The molecule has 2 aromatic rings. The number of fused-ring (bicyclic) bond motifs is 1. The number of amides is 2. The molecule has 1 aliphatic rings. The van der Waals surface area contributed by atoms with E-state index < -0.39 is 11.8 Å². The van der Waals surface area contributed by atoms with Crippen LogP contribution in [0.25, 0.3) is 0 Å². The Morgan fingerprint density at radius 2 is 1.52 bits per heavy atom. The summed E-state index contributed by atoms with van der Waals surface area (Å²) < 4.78 is 5.61. The van der Waals surface area contributed by atoms with Crippen molar-refractivity contribution in [3.05, 3.63) is 57.6 Å². The lowest BCUT2D eigenvalue weighted by Gasteiger charge is -2.19. The van der Waals surface area contributed by atoms with Gasteiger partial charge < -0.3 is 4.74 Å². The molecule has 0 radical (unpaired) electrons. The van der Waals surface area contributed by atoms with Crippen molar-refractivity contribution >= 4 is 40.7 Å². The number of benzene rings is 2. The van der Waals surface area contributed by atoms with Crippen LogP contribution in [-0.4, -0.2) is 17.9 Å². The summed E-state index contributed by atoms with van der Waals surface area (Å²) >= 11 is 12.3. The van der Waals surface area contributed by atoms with Crippen molar-refractivity contribution in [3.63, 3.8) is 0 Å². The minimum absolute atomic E-state index is 0.108. The monoisotopic (exact) mass is 349 g/mol. The van der Waals surface area contributed by atoms with Gasteiger partial charge in [-0.05, 0) is 32.0 Å². The summed E-state index contributed by atoms with van der Waals surface area (Å²) in [5.74, 6) is -0.451. The van der Waals surface area contributed by atoms with E-state index in [1.165, 1.54) is 12.1 Å². The predicted octanol–water partition coefficient (Wildman–Crippen LogP) is 4.58. The van der Waals surface area contributed by atoms with Crippen molar-refractivity contribution in [1.29, 1.82) is 0 Å². The van der Waals surface area contributed by atoms with Gasteiger partial charge >= 0.3 is 0 Å². The molecule has 23 heavy (non-hydrogen) atoms. The molecule has 0 atom stereocenters. The Bertz CT molecular complexity index is 782. The first-order chi connectivity index (χ1) is 10.9. The molecular formula is C17H13Cl2NO3. The van der Waals surface area contributed by atoms with Crippen molar-refractivity contribution in [2.75, 3.05) is 4.90 Å². The molecule has 0 N–H and O–H groups in total. The number of hydrogen-bond donors (Lipinski definition) is 0. The van der Waals surface area contributed by atoms with Crippen LogP contribution in [0.15, 0.2) is 36.4 Å². The minimum Gasteiger partial charge on any atom is -0.489 e. The second kappa shape index (κ2) is 5.87. The normalized spacial score (nSPS) is 13.7. The fourth-order valence-electron chi connectivity index (χ4n) is 2.44. The van der Waals surface area contributed by atoms with Crippen LogP contribution in [0, 0.1) is 0 Å². The molecule has 0 bridgehead atoms. The van der Waals surface area contributed by atoms with Crippen molar-refractivity contribution in [2.24, 2.45) is 0 Å². The van der Waals surface area contributed by atoms with E-state index >= 15 is 0 Å². The predicted molar refractivity (Wildman–Crippen MR) is 89.8 cm³/mol. The molecule has 1 aliphatic heterocycles. The summed E-state index contributed by atoms with van der Waals surface area (Å²) in [6, 6.07) is 9.65. The first-order valence-electron chi connectivity index (χ1n) is 7.03. The topological polar surface area (TPSA) is 46.6 Å². The van der Waals surface area contributed by atoms with Gasteiger partial charge in [0.05, 0.1) is 33.0 Å². The molecule has 0 unspecified atom stereocenters. The van der Waals surface area contributed by atoms with Crippen LogP contribution in [0.4, 0.5) is 5.69 Å². The number of ether oxygens (including phenoxy) is 1. The van der Waals surface area contributed by atoms with Gasteiger partial charge in [-0.15, -0.1) is 0 Å². The zero-order chi connectivity index (χ0) is 16.7. The summed E-state index contributed by atoms with van der Waals surface area (Å²) in [5.41, 5.74) is 0.975. The third-order valence-electron chi connectivity index (χ3n) is 3.40. The summed E-state index contributed by atoms with van der Waals surface area (Å²) in [6.07, 6.45) is -0.108. The Hall–Kier alpha value is -2.04. The maximum atomic E-state index is 12.6. The largest absolute Gasteiger partial charge is 0.489 e. The Balaban J connectivity index is 2.09. The molecule has 0 fully saturated rings.